The molecule has 1 heterocycles. The van der Waals surface area contributed by atoms with Gasteiger partial charge in [-0.2, -0.15) is 0 Å². The topological polar surface area (TPSA) is 77.8 Å². The second kappa shape index (κ2) is 11.0. The van der Waals surface area contributed by atoms with E-state index in [1.165, 1.54) is 29.7 Å². The van der Waals surface area contributed by atoms with Crippen molar-refractivity contribution in [1.82, 2.24) is 4.57 Å². The van der Waals surface area contributed by atoms with Gasteiger partial charge in [0.1, 0.15) is 5.75 Å². The number of hydrogen-bond donors (Lipinski definition) is 1. The number of ether oxygens (including phenoxy) is 2. The Labute approximate surface area is 225 Å². The smallest absolute Gasteiger partial charge is 0.479 e. The highest BCUT2D eigenvalue weighted by atomic mass is 32.2. The van der Waals surface area contributed by atoms with Gasteiger partial charge in [-0.3, -0.25) is 4.79 Å². The summed E-state index contributed by atoms with van der Waals surface area (Å²) in [6.45, 7) is 4.85. The van der Waals surface area contributed by atoms with Crippen molar-refractivity contribution in [3.05, 3.63) is 83.3 Å². The lowest BCUT2D eigenvalue weighted by Crippen LogP contribution is -2.23. The molecule has 0 radical (unpaired) electrons. The van der Waals surface area contributed by atoms with Crippen LogP contribution in [0, 0.1) is 12.7 Å². The first-order valence-corrected chi connectivity index (χ1v) is 12.8. The Morgan fingerprint density at radius 3 is 2.36 bits per heavy atom. The molecule has 4 rings (SSSR count). The molecular weight excluding hydrogens is 538 g/mol. The zero-order valence-electron chi connectivity index (χ0n) is 21.0. The molecule has 0 saturated heterocycles. The molecule has 0 saturated carbocycles. The van der Waals surface area contributed by atoms with Crippen molar-refractivity contribution < 1.29 is 41.7 Å². The third-order valence-electron chi connectivity index (χ3n) is 5.89. The van der Waals surface area contributed by atoms with Crippen molar-refractivity contribution in [3.8, 4) is 17.2 Å². The van der Waals surface area contributed by atoms with Crippen molar-refractivity contribution in [3.63, 3.8) is 0 Å². The average Bonchev–Trinajstić information content (AvgIpc) is 3.15. The minimum absolute atomic E-state index is 0.194. The monoisotopic (exact) mass is 561 g/mol. The summed E-state index contributed by atoms with van der Waals surface area (Å²) < 4.78 is 64.2. The molecule has 1 N–H and O–H groups in total. The number of alkyl halides is 3. The van der Waals surface area contributed by atoms with Gasteiger partial charge >= 0.3 is 12.3 Å². The summed E-state index contributed by atoms with van der Waals surface area (Å²) in [7, 11) is 0. The van der Waals surface area contributed by atoms with Crippen molar-refractivity contribution in [2.45, 2.75) is 38.1 Å². The maximum Gasteiger partial charge on any atom is 0.573 e. The highest BCUT2D eigenvalue weighted by molar-refractivity contribution is 7.99. The van der Waals surface area contributed by atoms with Crippen LogP contribution in [0.25, 0.3) is 16.6 Å². The predicted molar refractivity (Wildman–Crippen MR) is 139 cm³/mol. The second-order valence-electron chi connectivity index (χ2n) is 8.52. The van der Waals surface area contributed by atoms with Gasteiger partial charge < -0.3 is 19.1 Å². The summed E-state index contributed by atoms with van der Waals surface area (Å²) in [5.41, 5.74) is 1.43. The van der Waals surface area contributed by atoms with E-state index in [-0.39, 0.29) is 28.3 Å². The molecule has 0 bridgehead atoms. The number of carbonyl (C=O) groups excluding carboxylic acids is 1. The summed E-state index contributed by atoms with van der Waals surface area (Å²) in [5.74, 6) is -2.52. The first-order valence-electron chi connectivity index (χ1n) is 11.8. The van der Waals surface area contributed by atoms with Gasteiger partial charge in [-0.05, 0) is 68.1 Å². The molecule has 0 unspecified atom stereocenters. The molecule has 0 aliphatic heterocycles. The van der Waals surface area contributed by atoms with E-state index in [2.05, 4.69) is 4.74 Å². The van der Waals surface area contributed by atoms with Gasteiger partial charge in [0.2, 0.25) is 0 Å². The fourth-order valence-corrected chi connectivity index (χ4v) is 4.85. The van der Waals surface area contributed by atoms with E-state index in [0.29, 0.717) is 16.6 Å². The minimum atomic E-state index is -4.94. The number of ketones is 1. The third-order valence-corrected chi connectivity index (χ3v) is 6.78. The lowest BCUT2D eigenvalue weighted by atomic mass is 10.0. The van der Waals surface area contributed by atoms with Crippen LogP contribution in [-0.4, -0.2) is 39.6 Å². The van der Waals surface area contributed by atoms with Gasteiger partial charge in [0.15, 0.2) is 23.5 Å². The Morgan fingerprint density at radius 1 is 1.05 bits per heavy atom. The van der Waals surface area contributed by atoms with Gasteiger partial charge in [-0.1, -0.05) is 6.92 Å². The first kappa shape index (κ1) is 28.0. The first-order chi connectivity index (χ1) is 18.4. The SMILES string of the molecule is CCSc1ccc(C(=O)c2c(C)n(-c3ccc(F)c(O[C@@H](C)C(=O)O)c3)c3cc(OC(F)(F)F)ccc23)cc1. The van der Waals surface area contributed by atoms with Gasteiger partial charge in [0, 0.05) is 39.4 Å². The number of benzene rings is 3. The van der Waals surface area contributed by atoms with Crippen molar-refractivity contribution >= 4 is 34.4 Å². The van der Waals surface area contributed by atoms with Crippen molar-refractivity contribution in [2.24, 2.45) is 0 Å². The number of rotatable bonds is 9. The summed E-state index contributed by atoms with van der Waals surface area (Å²) in [5, 5.41) is 9.50. The standard InChI is InChI=1S/C28H23F4NO5S/c1-4-39-20-9-5-17(6-10-20)26(34)25-15(2)33(23-14-19(8-11-21(23)25)38-28(30,31)32)18-7-12-22(29)24(13-18)37-16(3)27(35)36/h5-14,16H,4H2,1-3H3,(H,35,36)/t16-/m0/s1. The Hall–Kier alpha value is -3.99. The quantitative estimate of drug-likeness (QED) is 0.133. The number of nitrogens with zero attached hydrogens (tertiary/aromatic N) is 1. The molecule has 0 amide bonds. The number of thioether (sulfide) groups is 1. The number of carboxylic acids is 1. The Kier molecular flexibility index (Phi) is 7.91. The average molecular weight is 562 g/mol. The predicted octanol–water partition coefficient (Wildman–Crippen LogP) is 7.17. The highest BCUT2D eigenvalue weighted by Crippen LogP contribution is 2.36. The maximum atomic E-state index is 14.5. The number of aromatic nitrogens is 1. The summed E-state index contributed by atoms with van der Waals surface area (Å²) in [4.78, 5) is 25.9. The summed E-state index contributed by atoms with van der Waals surface area (Å²) in [6, 6.07) is 14.2. The molecule has 0 spiro atoms. The van der Waals surface area contributed by atoms with Crippen LogP contribution in [0.2, 0.25) is 0 Å². The molecule has 0 fully saturated rings. The fraction of sp³-hybridized carbons (Fsp3) is 0.214. The van der Waals surface area contributed by atoms with Crippen LogP contribution in [0.1, 0.15) is 35.5 Å². The zero-order valence-corrected chi connectivity index (χ0v) is 21.8. The zero-order chi connectivity index (χ0) is 28.5. The van der Waals surface area contributed by atoms with E-state index in [9.17, 15) is 27.2 Å². The van der Waals surface area contributed by atoms with Gasteiger partial charge in [0.25, 0.3) is 0 Å². The van der Waals surface area contributed by atoms with Crippen LogP contribution in [0.5, 0.6) is 11.5 Å². The lowest BCUT2D eigenvalue weighted by molar-refractivity contribution is -0.274. The molecule has 1 atom stereocenters. The number of carboxylic acid groups (broad SMARTS) is 1. The number of fused-ring (bicyclic) bond motifs is 1. The van der Waals surface area contributed by atoms with Crippen LogP contribution in [0.15, 0.2) is 65.6 Å². The van der Waals surface area contributed by atoms with E-state index >= 15 is 0 Å². The van der Waals surface area contributed by atoms with E-state index in [4.69, 9.17) is 9.84 Å². The summed E-state index contributed by atoms with van der Waals surface area (Å²) in [6.07, 6.45) is -6.31. The van der Waals surface area contributed by atoms with Crippen LogP contribution in [-0.2, 0) is 4.79 Å². The molecule has 0 aliphatic carbocycles. The normalized spacial score (nSPS) is 12.4. The molecule has 3 aromatic carbocycles. The molecule has 11 heteroatoms. The van der Waals surface area contributed by atoms with Crippen molar-refractivity contribution in [2.75, 3.05) is 5.75 Å². The van der Waals surface area contributed by atoms with E-state index in [1.807, 2.05) is 19.1 Å². The maximum absolute atomic E-state index is 14.5. The third kappa shape index (κ3) is 6.03. The number of halogens is 4. The van der Waals surface area contributed by atoms with Crippen LogP contribution in [0.4, 0.5) is 17.6 Å². The molecule has 39 heavy (non-hydrogen) atoms. The molecule has 1 aromatic heterocycles. The molecule has 204 valence electrons. The number of carbonyl (C=O) groups is 2. The van der Waals surface area contributed by atoms with Gasteiger partial charge in [0.05, 0.1) is 11.1 Å². The molecule has 4 aromatic rings. The molecular formula is C28H23F4NO5S. The van der Waals surface area contributed by atoms with E-state index in [1.54, 1.807) is 30.8 Å². The number of aliphatic carboxylic acids is 1. The van der Waals surface area contributed by atoms with Crippen molar-refractivity contribution in [1.29, 1.82) is 0 Å². The lowest BCUT2D eigenvalue weighted by Gasteiger charge is -2.15. The van der Waals surface area contributed by atoms with E-state index < -0.39 is 30.0 Å². The molecule has 6 nitrogen and oxygen atoms in total. The summed E-state index contributed by atoms with van der Waals surface area (Å²) >= 11 is 1.61. The Morgan fingerprint density at radius 2 is 1.74 bits per heavy atom. The fourth-order valence-electron chi connectivity index (χ4n) is 4.19. The Balaban J connectivity index is 1.91. The Bertz CT molecular complexity index is 1550. The molecule has 0 aliphatic rings. The van der Waals surface area contributed by atoms with Crippen LogP contribution < -0.4 is 9.47 Å². The largest absolute Gasteiger partial charge is 0.573 e. The highest BCUT2D eigenvalue weighted by Gasteiger charge is 2.32. The number of hydrogen-bond acceptors (Lipinski definition) is 5. The van der Waals surface area contributed by atoms with Crippen LogP contribution in [0.3, 0.4) is 0 Å². The second-order valence-corrected chi connectivity index (χ2v) is 9.86. The van der Waals surface area contributed by atoms with E-state index in [0.717, 1.165) is 28.8 Å². The van der Waals surface area contributed by atoms with Gasteiger partial charge in [-0.25, -0.2) is 9.18 Å². The van der Waals surface area contributed by atoms with Crippen LogP contribution >= 0.6 is 11.8 Å². The minimum Gasteiger partial charge on any atom is -0.479 e. The van der Waals surface area contributed by atoms with Gasteiger partial charge in [-0.15, -0.1) is 24.9 Å².